The van der Waals surface area contributed by atoms with E-state index < -0.39 is 41.0 Å². The third-order valence-corrected chi connectivity index (χ3v) is 10.4. The summed E-state index contributed by atoms with van der Waals surface area (Å²) in [6, 6.07) is 19.9. The largest absolute Gasteiger partial charge is 0.495 e. The molecule has 2 heterocycles. The fourth-order valence-electron chi connectivity index (χ4n) is 7.73. The lowest BCUT2D eigenvalue weighted by Crippen LogP contribution is -2.48. The monoisotopic (exact) mass is 733 g/mol. The highest BCUT2D eigenvalue weighted by molar-refractivity contribution is 6.31. The highest BCUT2D eigenvalue weighted by Crippen LogP contribution is 2.58. The van der Waals surface area contributed by atoms with Crippen LogP contribution < -0.4 is 20.3 Å². The summed E-state index contributed by atoms with van der Waals surface area (Å²) >= 11 is 13.2. The van der Waals surface area contributed by atoms with E-state index in [0.717, 1.165) is 16.8 Å². The summed E-state index contributed by atoms with van der Waals surface area (Å²) < 4.78 is 21.9. The summed E-state index contributed by atoms with van der Waals surface area (Å²) in [4.78, 5) is 39.9. The highest BCUT2D eigenvalue weighted by Gasteiger charge is 2.63. The molecule has 4 atom stereocenters. The normalized spacial score (nSPS) is 21.1. The van der Waals surface area contributed by atoms with Crippen LogP contribution in [-0.2, 0) is 16.8 Å². The number of aromatic carboxylic acids is 2. The smallest absolute Gasteiger partial charge is 0.335 e. The van der Waals surface area contributed by atoms with Crippen molar-refractivity contribution in [1.82, 2.24) is 5.32 Å². The van der Waals surface area contributed by atoms with Gasteiger partial charge in [0.15, 0.2) is 0 Å². The molecule has 4 aromatic carbocycles. The SMILES string of the molecule is COc1cc(C(=O)O)ccc1NC(=O)[C@@H]1NC(CC(C)(C)C)[C@@]2(CN(Cc3ccc(C(=O)O)cc3)c3ccc(Cl)cc32)[C@H]1c1cccc(Cl)c1F. The summed E-state index contributed by atoms with van der Waals surface area (Å²) in [5.41, 5.74) is 2.11. The van der Waals surface area contributed by atoms with E-state index in [-0.39, 0.29) is 44.6 Å². The molecule has 266 valence electrons. The molecule has 2 aliphatic rings. The Morgan fingerprint density at radius 3 is 2.31 bits per heavy atom. The molecule has 51 heavy (non-hydrogen) atoms. The van der Waals surface area contributed by atoms with E-state index in [1.54, 1.807) is 42.5 Å². The van der Waals surface area contributed by atoms with Crippen molar-refractivity contribution in [1.29, 1.82) is 0 Å². The minimum Gasteiger partial charge on any atom is -0.495 e. The first-order valence-corrected chi connectivity index (χ1v) is 17.2. The van der Waals surface area contributed by atoms with E-state index >= 15 is 4.39 Å². The maximum Gasteiger partial charge on any atom is 0.335 e. The predicted molar refractivity (Wildman–Crippen MR) is 195 cm³/mol. The van der Waals surface area contributed by atoms with Crippen LogP contribution in [0.3, 0.4) is 0 Å². The second-order valence-electron chi connectivity index (χ2n) is 14.4. The van der Waals surface area contributed by atoms with Gasteiger partial charge in [0.25, 0.3) is 0 Å². The van der Waals surface area contributed by atoms with E-state index in [9.17, 15) is 24.6 Å². The zero-order valence-corrected chi connectivity index (χ0v) is 30.0. The number of ether oxygens (including phenoxy) is 1. The van der Waals surface area contributed by atoms with Crippen molar-refractivity contribution >= 4 is 52.4 Å². The standard InChI is InChI=1S/C39H38Cl2FN3O6/c1-38(2,3)18-31-39(20-45(29-15-13-24(40)17-26(29)39)19-21-8-10-22(11-9-21)36(47)48)32(25-6-5-7-27(41)33(25)42)34(44-31)35(46)43-28-14-12-23(37(49)50)16-30(28)51-4/h5-17,31-32,34,44H,18-20H2,1-4H3,(H,43,46)(H,47,48)(H,49,50)/t31?,32-,34+,39-/m0/s1. The Balaban J connectivity index is 1.52. The lowest BCUT2D eigenvalue weighted by atomic mass is 9.63. The van der Waals surface area contributed by atoms with Gasteiger partial charge in [-0.1, -0.05) is 68.2 Å². The maximum absolute atomic E-state index is 16.4. The molecule has 0 bridgehead atoms. The average Bonchev–Trinajstić information content (AvgIpc) is 3.55. The zero-order chi connectivity index (χ0) is 36.8. The molecule has 1 unspecified atom stereocenters. The molecule has 4 N–H and O–H groups in total. The van der Waals surface area contributed by atoms with E-state index in [4.69, 9.17) is 27.9 Å². The number of benzene rings is 4. The Bertz CT molecular complexity index is 2020. The maximum atomic E-state index is 16.4. The number of hydrogen-bond acceptors (Lipinski definition) is 6. The second-order valence-corrected chi connectivity index (χ2v) is 15.2. The van der Waals surface area contributed by atoms with Crippen LogP contribution in [0, 0.1) is 11.2 Å². The van der Waals surface area contributed by atoms with Crippen molar-refractivity contribution in [2.45, 2.75) is 57.2 Å². The molecule has 0 aromatic heterocycles. The quantitative estimate of drug-likeness (QED) is 0.136. The molecule has 1 fully saturated rings. The zero-order valence-electron chi connectivity index (χ0n) is 28.5. The molecule has 1 spiro atoms. The van der Waals surface area contributed by atoms with Gasteiger partial charge in [0, 0.05) is 41.2 Å². The summed E-state index contributed by atoms with van der Waals surface area (Å²) in [6.45, 7) is 7.10. The Labute approximate surface area is 305 Å². The number of carboxylic acid groups (broad SMARTS) is 2. The van der Waals surface area contributed by atoms with Crippen LogP contribution in [0.1, 0.15) is 70.5 Å². The first-order chi connectivity index (χ1) is 24.1. The first kappa shape index (κ1) is 36.2. The molecule has 1 saturated heterocycles. The minimum atomic E-state index is -1.15. The molecular formula is C39H38Cl2FN3O6. The number of methoxy groups -OCH3 is 1. The van der Waals surface area contributed by atoms with Gasteiger partial charge in [-0.3, -0.25) is 4.79 Å². The topological polar surface area (TPSA) is 128 Å². The number of anilines is 2. The molecule has 6 rings (SSSR count). The second kappa shape index (κ2) is 13.8. The van der Waals surface area contributed by atoms with Gasteiger partial charge < -0.3 is 30.5 Å². The fourth-order valence-corrected chi connectivity index (χ4v) is 8.09. The van der Waals surface area contributed by atoms with Crippen molar-refractivity contribution in [3.05, 3.63) is 123 Å². The molecular weight excluding hydrogens is 696 g/mol. The fraction of sp³-hybridized carbons (Fsp3) is 0.308. The van der Waals surface area contributed by atoms with Gasteiger partial charge in [-0.25, -0.2) is 14.0 Å². The van der Waals surface area contributed by atoms with Gasteiger partial charge in [-0.05, 0) is 83.1 Å². The van der Waals surface area contributed by atoms with Crippen molar-refractivity contribution in [3.63, 3.8) is 0 Å². The number of nitrogens with one attached hydrogen (secondary N) is 2. The van der Waals surface area contributed by atoms with Crippen molar-refractivity contribution < 1.29 is 33.7 Å². The van der Waals surface area contributed by atoms with Crippen LogP contribution in [0.2, 0.25) is 10.0 Å². The molecule has 4 aromatic rings. The van der Waals surface area contributed by atoms with Crippen molar-refractivity contribution in [3.8, 4) is 5.75 Å². The Kier molecular flexibility index (Phi) is 9.80. The van der Waals surface area contributed by atoms with E-state index in [2.05, 4.69) is 36.3 Å². The predicted octanol–water partition coefficient (Wildman–Crippen LogP) is 7.99. The number of fused-ring (bicyclic) bond motifs is 2. The van der Waals surface area contributed by atoms with Crippen LogP contribution in [0.5, 0.6) is 5.75 Å². The van der Waals surface area contributed by atoms with Gasteiger partial charge in [-0.15, -0.1) is 0 Å². The van der Waals surface area contributed by atoms with Crippen molar-refractivity contribution in [2.75, 3.05) is 23.9 Å². The van der Waals surface area contributed by atoms with Gasteiger partial charge >= 0.3 is 11.9 Å². The third-order valence-electron chi connectivity index (χ3n) is 9.84. The lowest BCUT2D eigenvalue weighted by Gasteiger charge is -2.40. The van der Waals surface area contributed by atoms with Crippen LogP contribution in [0.25, 0.3) is 0 Å². The van der Waals surface area contributed by atoms with E-state index in [1.807, 2.05) is 12.1 Å². The van der Waals surface area contributed by atoms with Gasteiger partial charge in [0.05, 0.1) is 35.0 Å². The van der Waals surface area contributed by atoms with Crippen LogP contribution in [-0.4, -0.2) is 53.8 Å². The van der Waals surface area contributed by atoms with Crippen LogP contribution >= 0.6 is 23.2 Å². The Morgan fingerprint density at radius 2 is 1.67 bits per heavy atom. The number of rotatable bonds is 9. The summed E-state index contributed by atoms with van der Waals surface area (Å²) in [5, 5.41) is 25.9. The molecule has 2 aliphatic heterocycles. The summed E-state index contributed by atoms with van der Waals surface area (Å²) in [6.07, 6.45) is 0.596. The molecule has 12 heteroatoms. The molecule has 0 radical (unpaired) electrons. The number of carbonyl (C=O) groups excluding carboxylic acids is 1. The average molecular weight is 735 g/mol. The van der Waals surface area contributed by atoms with Crippen LogP contribution in [0.15, 0.2) is 78.9 Å². The minimum absolute atomic E-state index is 0.0101. The van der Waals surface area contributed by atoms with Gasteiger partial charge in [0.1, 0.15) is 11.6 Å². The third kappa shape index (κ3) is 6.88. The van der Waals surface area contributed by atoms with Crippen LogP contribution in [0.4, 0.5) is 15.8 Å². The number of hydrogen-bond donors (Lipinski definition) is 4. The number of amides is 1. The highest BCUT2D eigenvalue weighted by atomic mass is 35.5. The molecule has 1 amide bonds. The Morgan fingerprint density at radius 1 is 0.980 bits per heavy atom. The van der Waals surface area contributed by atoms with E-state index in [1.165, 1.54) is 31.4 Å². The molecule has 0 saturated carbocycles. The van der Waals surface area contributed by atoms with Gasteiger partial charge in [-0.2, -0.15) is 0 Å². The number of carbonyl (C=O) groups is 3. The Hall–Kier alpha value is -4.64. The summed E-state index contributed by atoms with van der Waals surface area (Å²) in [5.74, 6) is -3.91. The number of halogens is 3. The lowest BCUT2D eigenvalue weighted by molar-refractivity contribution is -0.118. The van der Waals surface area contributed by atoms with Crippen molar-refractivity contribution in [2.24, 2.45) is 5.41 Å². The number of carboxylic acids is 2. The molecule has 9 nitrogen and oxygen atoms in total. The number of nitrogens with zero attached hydrogens (tertiary/aromatic N) is 1. The summed E-state index contributed by atoms with van der Waals surface area (Å²) in [7, 11) is 1.38. The van der Waals surface area contributed by atoms with Gasteiger partial charge in [0.2, 0.25) is 5.91 Å². The molecule has 0 aliphatic carbocycles. The first-order valence-electron chi connectivity index (χ1n) is 16.4. The van der Waals surface area contributed by atoms with E-state index in [0.29, 0.717) is 24.5 Å².